The maximum atomic E-state index is 12.1. The van der Waals surface area contributed by atoms with E-state index in [4.69, 9.17) is 16.3 Å². The van der Waals surface area contributed by atoms with E-state index in [1.807, 2.05) is 6.92 Å². The van der Waals surface area contributed by atoms with E-state index in [1.54, 1.807) is 24.3 Å². The molecule has 1 amide bonds. The molecule has 0 bridgehead atoms. The highest BCUT2D eigenvalue weighted by atomic mass is 35.5. The van der Waals surface area contributed by atoms with Gasteiger partial charge in [0.25, 0.3) is 5.91 Å². The molecule has 0 aromatic heterocycles. The van der Waals surface area contributed by atoms with Gasteiger partial charge in [0.1, 0.15) is 11.5 Å². The normalized spacial score (nSPS) is 10.2. The second kappa shape index (κ2) is 5.84. The molecule has 2 aromatic rings. The second-order valence-electron chi connectivity index (χ2n) is 4.30. The van der Waals surface area contributed by atoms with Crippen LogP contribution in [0.5, 0.6) is 11.5 Å². The molecule has 0 saturated carbocycles. The number of ether oxygens (including phenoxy) is 1. The van der Waals surface area contributed by atoms with Crippen LogP contribution in [0.1, 0.15) is 15.9 Å². The van der Waals surface area contributed by atoms with Crippen LogP contribution < -0.4 is 10.1 Å². The van der Waals surface area contributed by atoms with Gasteiger partial charge in [-0.15, -0.1) is 0 Å². The first-order valence-corrected chi connectivity index (χ1v) is 6.33. The molecule has 2 aromatic carbocycles. The summed E-state index contributed by atoms with van der Waals surface area (Å²) < 4.78 is 5.20. The maximum Gasteiger partial charge on any atom is 0.255 e. The average molecular weight is 292 g/mol. The molecule has 0 aliphatic heterocycles. The zero-order valence-electron chi connectivity index (χ0n) is 11.1. The number of methoxy groups -OCH3 is 1. The fourth-order valence-electron chi connectivity index (χ4n) is 1.74. The Balaban J connectivity index is 2.27. The minimum Gasteiger partial charge on any atom is -0.508 e. The molecule has 0 aliphatic rings. The smallest absolute Gasteiger partial charge is 0.255 e. The summed E-state index contributed by atoms with van der Waals surface area (Å²) in [6.07, 6.45) is 0. The Kier molecular flexibility index (Phi) is 4.15. The van der Waals surface area contributed by atoms with E-state index in [-0.39, 0.29) is 11.7 Å². The lowest BCUT2D eigenvalue weighted by Gasteiger charge is -2.12. The Morgan fingerprint density at radius 2 is 1.90 bits per heavy atom. The lowest BCUT2D eigenvalue weighted by atomic mass is 10.1. The fourth-order valence-corrected chi connectivity index (χ4v) is 1.89. The number of halogens is 1. The highest BCUT2D eigenvalue weighted by Crippen LogP contribution is 2.31. The van der Waals surface area contributed by atoms with Crippen LogP contribution in [0, 0.1) is 6.92 Å². The summed E-state index contributed by atoms with van der Waals surface area (Å²) >= 11 is 6.02. The van der Waals surface area contributed by atoms with Crippen molar-refractivity contribution in [3.63, 3.8) is 0 Å². The molecule has 0 saturated heterocycles. The van der Waals surface area contributed by atoms with Crippen LogP contribution in [0.3, 0.4) is 0 Å². The number of hydrogen-bond acceptors (Lipinski definition) is 3. The number of phenolic OH excluding ortho intramolecular Hbond substituents is 1. The van der Waals surface area contributed by atoms with Crippen LogP contribution in [0.4, 0.5) is 5.69 Å². The lowest BCUT2D eigenvalue weighted by Crippen LogP contribution is -2.12. The minimum absolute atomic E-state index is 0.112. The summed E-state index contributed by atoms with van der Waals surface area (Å²) in [5, 5.41) is 12.5. The molecule has 0 aliphatic carbocycles. The third-order valence-corrected chi connectivity index (χ3v) is 3.27. The van der Waals surface area contributed by atoms with E-state index < -0.39 is 0 Å². The molecule has 2 N–H and O–H groups in total. The van der Waals surface area contributed by atoms with Gasteiger partial charge in [-0.25, -0.2) is 0 Å². The van der Waals surface area contributed by atoms with Crippen molar-refractivity contribution in [1.29, 1.82) is 0 Å². The summed E-state index contributed by atoms with van der Waals surface area (Å²) in [4.78, 5) is 12.1. The summed E-state index contributed by atoms with van der Waals surface area (Å²) in [6.45, 7) is 1.85. The Morgan fingerprint density at radius 3 is 2.50 bits per heavy atom. The Labute approximate surface area is 122 Å². The number of nitrogens with one attached hydrogen (secondary N) is 1. The summed E-state index contributed by atoms with van der Waals surface area (Å²) in [5.41, 5.74) is 1.83. The Morgan fingerprint density at radius 1 is 1.25 bits per heavy atom. The van der Waals surface area contributed by atoms with E-state index in [0.717, 1.165) is 5.56 Å². The summed E-state index contributed by atoms with van der Waals surface area (Å²) in [7, 11) is 1.51. The number of hydrogen-bond donors (Lipinski definition) is 2. The van der Waals surface area contributed by atoms with E-state index >= 15 is 0 Å². The van der Waals surface area contributed by atoms with Crippen molar-refractivity contribution in [2.75, 3.05) is 12.4 Å². The molecular formula is C15H14ClNO3. The third-order valence-electron chi connectivity index (χ3n) is 2.86. The first-order valence-electron chi connectivity index (χ1n) is 5.96. The monoisotopic (exact) mass is 291 g/mol. The highest BCUT2D eigenvalue weighted by Gasteiger charge is 2.11. The van der Waals surface area contributed by atoms with Crippen molar-refractivity contribution in [3.05, 3.63) is 52.5 Å². The van der Waals surface area contributed by atoms with Crippen molar-refractivity contribution in [1.82, 2.24) is 0 Å². The number of rotatable bonds is 3. The molecule has 5 heteroatoms. The third kappa shape index (κ3) is 3.03. The fraction of sp³-hybridized carbons (Fsp3) is 0.133. The average Bonchev–Trinajstić information content (AvgIpc) is 2.43. The van der Waals surface area contributed by atoms with Gasteiger partial charge in [0.2, 0.25) is 0 Å². The molecule has 4 nitrogen and oxygen atoms in total. The predicted molar refractivity (Wildman–Crippen MR) is 78.8 cm³/mol. The van der Waals surface area contributed by atoms with Gasteiger partial charge in [-0.05, 0) is 42.8 Å². The van der Waals surface area contributed by atoms with Crippen molar-refractivity contribution in [3.8, 4) is 11.5 Å². The summed E-state index contributed by atoms with van der Waals surface area (Å²) in [5.74, 6) is 0.319. The number of carbonyl (C=O) groups excluding carboxylic acids is 1. The molecule has 2 rings (SSSR count). The van der Waals surface area contributed by atoms with E-state index in [9.17, 15) is 9.90 Å². The summed E-state index contributed by atoms with van der Waals surface area (Å²) in [6, 6.07) is 9.40. The van der Waals surface area contributed by atoms with Crippen LogP contribution in [0.25, 0.3) is 0 Å². The van der Waals surface area contributed by atoms with E-state index in [1.165, 1.54) is 19.2 Å². The number of aromatic hydroxyl groups is 1. The van der Waals surface area contributed by atoms with Crippen molar-refractivity contribution in [2.45, 2.75) is 6.92 Å². The number of benzene rings is 2. The number of amides is 1. The number of aryl methyl sites for hydroxylation is 1. The minimum atomic E-state index is -0.287. The van der Waals surface area contributed by atoms with E-state index in [2.05, 4.69) is 5.32 Å². The Bertz CT molecular complexity index is 638. The maximum absolute atomic E-state index is 12.1. The first-order chi connectivity index (χ1) is 9.51. The zero-order chi connectivity index (χ0) is 14.7. The molecule has 20 heavy (non-hydrogen) atoms. The van der Waals surface area contributed by atoms with Crippen molar-refractivity contribution in [2.24, 2.45) is 0 Å². The molecule has 0 spiro atoms. The van der Waals surface area contributed by atoms with Gasteiger partial charge in [0, 0.05) is 16.7 Å². The van der Waals surface area contributed by atoms with Gasteiger partial charge in [0.05, 0.1) is 12.8 Å². The molecular weight excluding hydrogens is 278 g/mol. The predicted octanol–water partition coefficient (Wildman–Crippen LogP) is 3.61. The second-order valence-corrected chi connectivity index (χ2v) is 4.71. The first kappa shape index (κ1) is 14.2. The molecule has 0 atom stereocenters. The van der Waals surface area contributed by atoms with Crippen LogP contribution in [-0.2, 0) is 0 Å². The molecule has 0 heterocycles. The number of anilines is 1. The van der Waals surface area contributed by atoms with Gasteiger partial charge < -0.3 is 15.2 Å². The van der Waals surface area contributed by atoms with Gasteiger partial charge >= 0.3 is 0 Å². The molecule has 0 radical (unpaired) electrons. The van der Waals surface area contributed by atoms with Crippen LogP contribution in [0.15, 0.2) is 36.4 Å². The van der Waals surface area contributed by atoms with Crippen molar-refractivity contribution >= 4 is 23.2 Å². The SMILES string of the molecule is COc1cc(Cl)c(C)cc1NC(=O)c1ccc(O)cc1. The quantitative estimate of drug-likeness (QED) is 0.908. The van der Waals surface area contributed by atoms with Gasteiger partial charge in [-0.1, -0.05) is 11.6 Å². The van der Waals surface area contributed by atoms with Crippen LogP contribution in [0.2, 0.25) is 5.02 Å². The molecule has 104 valence electrons. The standard InChI is InChI=1S/C15H14ClNO3/c1-9-7-13(14(20-2)8-12(9)16)17-15(19)10-3-5-11(18)6-4-10/h3-8,18H,1-2H3,(H,17,19). The zero-order valence-corrected chi connectivity index (χ0v) is 11.9. The molecule has 0 unspecified atom stereocenters. The highest BCUT2D eigenvalue weighted by molar-refractivity contribution is 6.31. The number of carbonyl (C=O) groups is 1. The van der Waals surface area contributed by atoms with Gasteiger partial charge in [-0.3, -0.25) is 4.79 Å². The van der Waals surface area contributed by atoms with Gasteiger partial charge in [0.15, 0.2) is 0 Å². The largest absolute Gasteiger partial charge is 0.508 e. The topological polar surface area (TPSA) is 58.6 Å². The lowest BCUT2D eigenvalue weighted by molar-refractivity contribution is 0.102. The van der Waals surface area contributed by atoms with Crippen LogP contribution >= 0.6 is 11.6 Å². The van der Waals surface area contributed by atoms with Crippen LogP contribution in [-0.4, -0.2) is 18.1 Å². The van der Waals surface area contributed by atoms with E-state index in [0.29, 0.717) is 22.0 Å². The van der Waals surface area contributed by atoms with Crippen molar-refractivity contribution < 1.29 is 14.6 Å². The molecule has 0 fully saturated rings. The van der Waals surface area contributed by atoms with Gasteiger partial charge in [-0.2, -0.15) is 0 Å². The number of phenols is 1. The Hall–Kier alpha value is -2.20.